The van der Waals surface area contributed by atoms with Crippen LogP contribution in [0.25, 0.3) is 0 Å². The fourth-order valence-electron chi connectivity index (χ4n) is 3.49. The molecule has 2 rings (SSSR count). The Labute approximate surface area is 212 Å². The lowest BCUT2D eigenvalue weighted by Gasteiger charge is -2.44. The van der Waals surface area contributed by atoms with Crippen LogP contribution in [0, 0.1) is 11.8 Å². The number of carbonyl (C=O) groups excluding carboxylic acids is 1. The summed E-state index contributed by atoms with van der Waals surface area (Å²) in [5.74, 6) is 4.56. The van der Waals surface area contributed by atoms with E-state index in [1.54, 1.807) is 40.7 Å². The summed E-state index contributed by atoms with van der Waals surface area (Å²) in [6.07, 6.45) is -2.09. The molecule has 0 spiro atoms. The first-order chi connectivity index (χ1) is 16.6. The first kappa shape index (κ1) is 29.8. The van der Waals surface area contributed by atoms with Crippen molar-refractivity contribution in [3.8, 4) is 17.6 Å². The molecular weight excluding hydrogens is 475 g/mol. The van der Waals surface area contributed by atoms with Gasteiger partial charge in [0.25, 0.3) is 0 Å². The van der Waals surface area contributed by atoms with Gasteiger partial charge in [0, 0.05) is 6.42 Å². The Hall–Kier alpha value is -2.44. The van der Waals surface area contributed by atoms with Gasteiger partial charge in [0.2, 0.25) is 0 Å². The molecule has 6 nitrogen and oxygen atoms in total. The fraction of sp³-hybridized carbons (Fsp3) is 0.667. The summed E-state index contributed by atoms with van der Waals surface area (Å²) >= 11 is 0. The number of hydrogen-bond acceptors (Lipinski definition) is 5. The summed E-state index contributed by atoms with van der Waals surface area (Å²) in [6, 6.07) is 3.98. The topological polar surface area (TPSA) is 66.0 Å². The highest BCUT2D eigenvalue weighted by molar-refractivity contribution is 5.69. The molecular formula is C27H38F3NO5. The molecule has 1 N–H and O–H groups in total. The molecule has 1 saturated heterocycles. The Morgan fingerprint density at radius 2 is 1.81 bits per heavy atom. The number of unbranched alkanes of at least 4 members (excludes halogenated alkanes) is 2. The summed E-state index contributed by atoms with van der Waals surface area (Å²) in [4.78, 5) is 12.5. The van der Waals surface area contributed by atoms with Crippen LogP contribution in [0.5, 0.6) is 5.75 Å². The molecule has 0 unspecified atom stereocenters. The van der Waals surface area contributed by atoms with Gasteiger partial charge in [-0.15, -0.1) is 0 Å². The van der Waals surface area contributed by atoms with E-state index < -0.39 is 34.8 Å². The van der Waals surface area contributed by atoms with Gasteiger partial charge < -0.3 is 24.3 Å². The first-order valence-electron chi connectivity index (χ1n) is 12.2. The molecule has 0 aliphatic carbocycles. The van der Waals surface area contributed by atoms with E-state index in [2.05, 4.69) is 17.2 Å². The van der Waals surface area contributed by atoms with Crippen molar-refractivity contribution >= 4 is 6.09 Å². The number of hydrogen-bond donors (Lipinski definition) is 1. The number of alkyl halides is 3. The molecule has 1 fully saturated rings. The number of nitrogens with one attached hydrogen (secondary N) is 1. The van der Waals surface area contributed by atoms with E-state index in [4.69, 9.17) is 18.9 Å². The molecule has 1 aromatic carbocycles. The molecule has 9 heteroatoms. The first-order valence-corrected chi connectivity index (χ1v) is 12.2. The molecule has 36 heavy (non-hydrogen) atoms. The minimum absolute atomic E-state index is 0.112. The van der Waals surface area contributed by atoms with Crippen LogP contribution in [0.1, 0.15) is 78.4 Å². The molecule has 1 amide bonds. The van der Waals surface area contributed by atoms with E-state index in [9.17, 15) is 18.0 Å². The van der Waals surface area contributed by atoms with Crippen molar-refractivity contribution in [1.82, 2.24) is 5.32 Å². The number of ether oxygens (including phenoxy) is 4. The van der Waals surface area contributed by atoms with Gasteiger partial charge in [-0.1, -0.05) is 31.3 Å². The highest BCUT2D eigenvalue weighted by atomic mass is 19.4. The van der Waals surface area contributed by atoms with E-state index in [0.29, 0.717) is 12.0 Å². The number of alkyl carbamates (subject to hydrolysis) is 1. The zero-order chi connectivity index (χ0) is 27.0. The maximum Gasteiger partial charge on any atom is 0.419 e. The smallest absolute Gasteiger partial charge is 0.419 e. The quantitative estimate of drug-likeness (QED) is 0.329. The van der Waals surface area contributed by atoms with Gasteiger partial charge in [0.1, 0.15) is 18.0 Å². The van der Waals surface area contributed by atoms with Crippen LogP contribution in [0.15, 0.2) is 18.2 Å². The summed E-state index contributed by atoms with van der Waals surface area (Å²) in [7, 11) is 0. The summed E-state index contributed by atoms with van der Waals surface area (Å²) < 4.78 is 63.5. The molecule has 1 aliphatic heterocycles. The molecule has 0 atom stereocenters. The zero-order valence-electron chi connectivity index (χ0n) is 22.1. The van der Waals surface area contributed by atoms with Gasteiger partial charge in [0.05, 0.1) is 24.3 Å². The minimum atomic E-state index is -4.59. The average molecular weight is 514 g/mol. The molecule has 1 aromatic rings. The molecule has 0 aromatic heterocycles. The largest absolute Gasteiger partial charge is 0.480 e. The van der Waals surface area contributed by atoms with Gasteiger partial charge in [-0.3, -0.25) is 0 Å². The SMILES string of the molecule is CCCCC#CCOc1ccc(CCC2(NC(=O)OC(C)(C)C)COC(C)(C)OC2)cc1C(F)(F)F. The summed E-state index contributed by atoms with van der Waals surface area (Å²) in [5, 5.41) is 2.83. The van der Waals surface area contributed by atoms with E-state index in [-0.39, 0.29) is 38.4 Å². The second kappa shape index (κ2) is 12.2. The minimum Gasteiger partial charge on any atom is -0.480 e. The van der Waals surface area contributed by atoms with Crippen molar-refractivity contribution in [2.45, 2.75) is 96.7 Å². The van der Waals surface area contributed by atoms with Crippen molar-refractivity contribution in [1.29, 1.82) is 0 Å². The lowest BCUT2D eigenvalue weighted by Crippen LogP contribution is -2.61. The Morgan fingerprint density at radius 1 is 1.14 bits per heavy atom. The van der Waals surface area contributed by atoms with Gasteiger partial charge in [-0.2, -0.15) is 13.2 Å². The second-order valence-electron chi connectivity index (χ2n) is 10.5. The number of aryl methyl sites for hydroxylation is 1. The molecule has 202 valence electrons. The van der Waals surface area contributed by atoms with Crippen molar-refractivity contribution < 1.29 is 36.9 Å². The predicted octanol–water partition coefficient (Wildman–Crippen LogP) is 6.26. The van der Waals surface area contributed by atoms with E-state index in [1.807, 2.05) is 6.92 Å². The highest BCUT2D eigenvalue weighted by Gasteiger charge is 2.42. The van der Waals surface area contributed by atoms with Crippen LogP contribution < -0.4 is 10.1 Å². The van der Waals surface area contributed by atoms with Gasteiger partial charge >= 0.3 is 12.3 Å². The third kappa shape index (κ3) is 9.90. The Morgan fingerprint density at radius 3 is 2.39 bits per heavy atom. The van der Waals surface area contributed by atoms with Gasteiger partial charge in [-0.05, 0) is 71.6 Å². The van der Waals surface area contributed by atoms with Gasteiger partial charge in [-0.25, -0.2) is 4.79 Å². The fourth-order valence-corrected chi connectivity index (χ4v) is 3.49. The lowest BCUT2D eigenvalue weighted by molar-refractivity contribution is -0.271. The number of halogens is 3. The normalized spacial score (nSPS) is 17.0. The van der Waals surface area contributed by atoms with Gasteiger partial charge in [0.15, 0.2) is 5.79 Å². The molecule has 1 heterocycles. The third-order valence-corrected chi connectivity index (χ3v) is 5.48. The maximum absolute atomic E-state index is 13.8. The lowest BCUT2D eigenvalue weighted by atomic mass is 9.91. The standard InChI is InChI=1S/C27H38F3NO5/c1-7-8-9-10-11-16-33-22-13-12-20(17-21(22)27(28,29)30)14-15-26(18-34-25(5,6)35-19-26)31-23(32)36-24(2,3)4/h12-13,17H,7-9,14-16,18-19H2,1-6H3,(H,31,32). The second-order valence-corrected chi connectivity index (χ2v) is 10.5. The molecule has 0 saturated carbocycles. The molecule has 0 radical (unpaired) electrons. The van der Waals surface area contributed by atoms with Crippen LogP contribution in [-0.4, -0.2) is 42.8 Å². The number of benzene rings is 1. The Bertz CT molecular complexity index is 931. The van der Waals surface area contributed by atoms with Crippen molar-refractivity contribution in [2.24, 2.45) is 0 Å². The molecule has 1 aliphatic rings. The van der Waals surface area contributed by atoms with E-state index in [1.165, 1.54) is 6.07 Å². The highest BCUT2D eigenvalue weighted by Crippen LogP contribution is 2.37. The Balaban J connectivity index is 2.16. The van der Waals surface area contributed by atoms with Crippen LogP contribution in [-0.2, 0) is 26.8 Å². The van der Waals surface area contributed by atoms with E-state index >= 15 is 0 Å². The average Bonchev–Trinajstić information content (AvgIpc) is 2.75. The monoisotopic (exact) mass is 513 g/mol. The van der Waals surface area contributed by atoms with Crippen LogP contribution in [0.3, 0.4) is 0 Å². The summed E-state index contributed by atoms with van der Waals surface area (Å²) in [6.45, 7) is 10.9. The van der Waals surface area contributed by atoms with Crippen molar-refractivity contribution in [3.05, 3.63) is 29.3 Å². The maximum atomic E-state index is 13.8. The van der Waals surface area contributed by atoms with Crippen LogP contribution in [0.2, 0.25) is 0 Å². The predicted molar refractivity (Wildman–Crippen MR) is 131 cm³/mol. The van der Waals surface area contributed by atoms with Crippen LogP contribution in [0.4, 0.5) is 18.0 Å². The van der Waals surface area contributed by atoms with Crippen molar-refractivity contribution in [2.75, 3.05) is 19.8 Å². The molecule has 0 bridgehead atoms. The number of rotatable bonds is 8. The zero-order valence-corrected chi connectivity index (χ0v) is 22.1. The third-order valence-electron chi connectivity index (χ3n) is 5.48. The van der Waals surface area contributed by atoms with Crippen molar-refractivity contribution in [3.63, 3.8) is 0 Å². The number of carbonyl (C=O) groups is 1. The van der Waals surface area contributed by atoms with E-state index in [0.717, 1.165) is 18.9 Å². The Kier molecular flexibility index (Phi) is 10.1. The number of amides is 1. The summed E-state index contributed by atoms with van der Waals surface area (Å²) in [5.41, 5.74) is -2.08. The van der Waals surface area contributed by atoms with Crippen LogP contribution >= 0.6 is 0 Å².